The molecule has 2 aromatic rings. The summed E-state index contributed by atoms with van der Waals surface area (Å²) in [6.45, 7) is 3.67. The van der Waals surface area contributed by atoms with Crippen molar-refractivity contribution in [1.29, 1.82) is 0 Å². The van der Waals surface area contributed by atoms with Crippen LogP contribution < -0.4 is 10.1 Å². The molecule has 0 aromatic heterocycles. The normalized spacial score (nSPS) is 10.6. The highest BCUT2D eigenvalue weighted by Crippen LogP contribution is 2.31. The Balaban J connectivity index is 2.14. The van der Waals surface area contributed by atoms with Gasteiger partial charge >= 0.3 is 0 Å². The smallest absolute Gasteiger partial charge is 0.146 e. The number of rotatable bonds is 5. The lowest BCUT2D eigenvalue weighted by Crippen LogP contribution is -2.11. The summed E-state index contributed by atoms with van der Waals surface area (Å²) in [6, 6.07) is 9.77. The van der Waals surface area contributed by atoms with Gasteiger partial charge in [-0.25, -0.2) is 4.39 Å². The molecule has 0 saturated carbocycles. The highest BCUT2D eigenvalue weighted by molar-refractivity contribution is 6.32. The van der Waals surface area contributed by atoms with E-state index in [1.165, 1.54) is 12.1 Å². The summed E-state index contributed by atoms with van der Waals surface area (Å²) in [6.07, 6.45) is 0. The van der Waals surface area contributed by atoms with Gasteiger partial charge in [0.15, 0.2) is 0 Å². The van der Waals surface area contributed by atoms with Gasteiger partial charge < -0.3 is 10.1 Å². The Morgan fingerprint density at radius 3 is 2.55 bits per heavy atom. The van der Waals surface area contributed by atoms with Crippen LogP contribution in [-0.4, -0.2) is 6.54 Å². The summed E-state index contributed by atoms with van der Waals surface area (Å²) in [5, 5.41) is 3.75. The molecule has 0 fully saturated rings. The molecule has 0 aliphatic rings. The van der Waals surface area contributed by atoms with E-state index in [-0.39, 0.29) is 5.02 Å². The SMILES string of the molecule is CCNCc1ccc(Oc2ccc(Cl)c(F)c2)c(Cl)c1. The molecule has 0 bridgehead atoms. The van der Waals surface area contributed by atoms with Crippen molar-refractivity contribution in [2.75, 3.05) is 6.54 Å². The molecule has 0 saturated heterocycles. The topological polar surface area (TPSA) is 21.3 Å². The van der Waals surface area contributed by atoms with E-state index in [0.717, 1.165) is 18.7 Å². The number of ether oxygens (including phenoxy) is 1. The van der Waals surface area contributed by atoms with Gasteiger partial charge in [0.1, 0.15) is 17.3 Å². The third-order valence-corrected chi connectivity index (χ3v) is 3.30. The van der Waals surface area contributed by atoms with Crippen LogP contribution in [0.1, 0.15) is 12.5 Å². The molecule has 0 aliphatic carbocycles. The number of halogens is 3. The van der Waals surface area contributed by atoms with Gasteiger partial charge in [0.2, 0.25) is 0 Å². The van der Waals surface area contributed by atoms with Crippen LogP contribution in [0.25, 0.3) is 0 Å². The zero-order chi connectivity index (χ0) is 14.5. The number of hydrogen-bond donors (Lipinski definition) is 1. The minimum atomic E-state index is -0.524. The molecule has 2 aromatic carbocycles. The minimum Gasteiger partial charge on any atom is -0.456 e. The fourth-order valence-electron chi connectivity index (χ4n) is 1.67. The second-order valence-corrected chi connectivity index (χ2v) is 5.04. The first-order chi connectivity index (χ1) is 9.60. The molecule has 2 nitrogen and oxygen atoms in total. The first-order valence-corrected chi connectivity index (χ1v) is 6.97. The molecule has 0 spiro atoms. The quantitative estimate of drug-likeness (QED) is 0.835. The summed E-state index contributed by atoms with van der Waals surface area (Å²) in [5.74, 6) is 0.311. The second kappa shape index (κ2) is 6.93. The maximum Gasteiger partial charge on any atom is 0.146 e. The van der Waals surface area contributed by atoms with E-state index in [9.17, 15) is 4.39 Å². The molecule has 0 radical (unpaired) electrons. The molecule has 0 unspecified atom stereocenters. The average molecular weight is 314 g/mol. The maximum atomic E-state index is 13.3. The third-order valence-electron chi connectivity index (χ3n) is 2.69. The van der Waals surface area contributed by atoms with Crippen molar-refractivity contribution in [3.63, 3.8) is 0 Å². The zero-order valence-corrected chi connectivity index (χ0v) is 12.4. The van der Waals surface area contributed by atoms with Crippen LogP contribution in [0.2, 0.25) is 10.0 Å². The van der Waals surface area contributed by atoms with Crippen molar-refractivity contribution in [2.45, 2.75) is 13.5 Å². The fourth-order valence-corrected chi connectivity index (χ4v) is 2.03. The molecule has 1 N–H and O–H groups in total. The molecule has 5 heteroatoms. The van der Waals surface area contributed by atoms with Gasteiger partial charge in [-0.2, -0.15) is 0 Å². The van der Waals surface area contributed by atoms with Crippen molar-refractivity contribution in [3.05, 3.63) is 57.8 Å². The molecule has 106 valence electrons. The summed E-state index contributed by atoms with van der Waals surface area (Å²) in [7, 11) is 0. The first kappa shape index (κ1) is 15.1. The van der Waals surface area contributed by atoms with Crippen molar-refractivity contribution in [1.82, 2.24) is 5.32 Å². The number of nitrogens with one attached hydrogen (secondary N) is 1. The van der Waals surface area contributed by atoms with E-state index in [4.69, 9.17) is 27.9 Å². The third kappa shape index (κ3) is 3.85. The standard InChI is InChI=1S/C15H14Cl2FNO/c1-2-19-9-10-3-6-15(13(17)7-10)20-11-4-5-12(16)14(18)8-11/h3-8,19H,2,9H2,1H3. The Morgan fingerprint density at radius 2 is 1.90 bits per heavy atom. The van der Waals surface area contributed by atoms with Crippen LogP contribution in [0.4, 0.5) is 4.39 Å². The van der Waals surface area contributed by atoms with Gasteiger partial charge in [0.05, 0.1) is 10.0 Å². The Labute approximate surface area is 127 Å². The van der Waals surface area contributed by atoms with E-state index in [2.05, 4.69) is 5.32 Å². The van der Waals surface area contributed by atoms with Crippen LogP contribution in [0, 0.1) is 5.82 Å². The molecule has 20 heavy (non-hydrogen) atoms. The fraction of sp³-hybridized carbons (Fsp3) is 0.200. The predicted molar refractivity (Wildman–Crippen MR) is 80.3 cm³/mol. The minimum absolute atomic E-state index is 0.0597. The molecule has 0 atom stereocenters. The molecule has 0 amide bonds. The van der Waals surface area contributed by atoms with Crippen molar-refractivity contribution in [2.24, 2.45) is 0 Å². The highest BCUT2D eigenvalue weighted by atomic mass is 35.5. The highest BCUT2D eigenvalue weighted by Gasteiger charge is 2.07. The lowest BCUT2D eigenvalue weighted by atomic mass is 10.2. The molecular weight excluding hydrogens is 300 g/mol. The monoisotopic (exact) mass is 313 g/mol. The van der Waals surface area contributed by atoms with E-state index >= 15 is 0 Å². The van der Waals surface area contributed by atoms with Gasteiger partial charge in [-0.3, -0.25) is 0 Å². The molecule has 0 heterocycles. The van der Waals surface area contributed by atoms with Crippen molar-refractivity contribution in [3.8, 4) is 11.5 Å². The molecule has 2 rings (SSSR count). The Hall–Kier alpha value is -1.29. The summed E-state index contributed by atoms with van der Waals surface area (Å²) < 4.78 is 18.9. The van der Waals surface area contributed by atoms with Gasteiger partial charge in [-0.1, -0.05) is 36.2 Å². The number of benzene rings is 2. The number of hydrogen-bond acceptors (Lipinski definition) is 2. The van der Waals surface area contributed by atoms with Crippen LogP contribution >= 0.6 is 23.2 Å². The second-order valence-electron chi connectivity index (χ2n) is 4.22. The van der Waals surface area contributed by atoms with E-state index < -0.39 is 5.82 Å². The lowest BCUT2D eigenvalue weighted by Gasteiger charge is -2.10. The van der Waals surface area contributed by atoms with Crippen LogP contribution in [-0.2, 0) is 6.54 Å². The summed E-state index contributed by atoms with van der Waals surface area (Å²) in [5.41, 5.74) is 1.06. The lowest BCUT2D eigenvalue weighted by molar-refractivity contribution is 0.476. The predicted octanol–water partition coefficient (Wildman–Crippen LogP) is 5.03. The van der Waals surface area contributed by atoms with Crippen LogP contribution in [0.15, 0.2) is 36.4 Å². The first-order valence-electron chi connectivity index (χ1n) is 6.22. The Morgan fingerprint density at radius 1 is 1.10 bits per heavy atom. The largest absolute Gasteiger partial charge is 0.456 e. The van der Waals surface area contributed by atoms with Crippen LogP contribution in [0.5, 0.6) is 11.5 Å². The Kier molecular flexibility index (Phi) is 5.24. The maximum absolute atomic E-state index is 13.3. The van der Waals surface area contributed by atoms with E-state index in [1.54, 1.807) is 12.1 Å². The van der Waals surface area contributed by atoms with Gasteiger partial charge in [-0.15, -0.1) is 0 Å². The average Bonchev–Trinajstić information content (AvgIpc) is 2.43. The Bertz CT molecular complexity index is 604. The summed E-state index contributed by atoms with van der Waals surface area (Å²) >= 11 is 11.8. The van der Waals surface area contributed by atoms with Crippen molar-refractivity contribution < 1.29 is 9.13 Å². The van der Waals surface area contributed by atoms with E-state index in [0.29, 0.717) is 16.5 Å². The van der Waals surface area contributed by atoms with Crippen molar-refractivity contribution >= 4 is 23.2 Å². The summed E-state index contributed by atoms with van der Waals surface area (Å²) in [4.78, 5) is 0. The molecular formula is C15H14Cl2FNO. The van der Waals surface area contributed by atoms with Gasteiger partial charge in [-0.05, 0) is 36.4 Å². The van der Waals surface area contributed by atoms with E-state index in [1.807, 2.05) is 19.1 Å². The van der Waals surface area contributed by atoms with Gasteiger partial charge in [0, 0.05) is 12.6 Å². The zero-order valence-electron chi connectivity index (χ0n) is 10.9. The van der Waals surface area contributed by atoms with Gasteiger partial charge in [0.25, 0.3) is 0 Å². The molecule has 0 aliphatic heterocycles. The van der Waals surface area contributed by atoms with Crippen LogP contribution in [0.3, 0.4) is 0 Å².